The quantitative estimate of drug-likeness (QED) is 0.820. The zero-order chi connectivity index (χ0) is 14.3. The molecule has 0 fully saturated rings. The lowest BCUT2D eigenvalue weighted by Crippen LogP contribution is -2.46. The van der Waals surface area contributed by atoms with E-state index in [0.29, 0.717) is 6.04 Å². The fraction of sp³-hybridized carbons (Fsp3) is 0.688. The molecule has 0 aliphatic heterocycles. The number of likely N-dealkylation sites (N-methyl/N-ethyl adjacent to an activating group) is 1. The zero-order valence-corrected chi connectivity index (χ0v) is 13.1. The van der Waals surface area contributed by atoms with Crippen LogP contribution in [0.15, 0.2) is 24.5 Å². The van der Waals surface area contributed by atoms with Crippen LogP contribution in [0.3, 0.4) is 0 Å². The van der Waals surface area contributed by atoms with Gasteiger partial charge in [-0.1, -0.05) is 6.92 Å². The molecule has 0 aromatic carbocycles. The van der Waals surface area contributed by atoms with Gasteiger partial charge in [0.15, 0.2) is 0 Å². The van der Waals surface area contributed by atoms with E-state index >= 15 is 0 Å². The van der Waals surface area contributed by atoms with Gasteiger partial charge in [0.2, 0.25) is 0 Å². The van der Waals surface area contributed by atoms with Gasteiger partial charge >= 0.3 is 0 Å². The molecule has 1 N–H and O–H groups in total. The van der Waals surface area contributed by atoms with Gasteiger partial charge in [0.05, 0.1) is 0 Å². The summed E-state index contributed by atoms with van der Waals surface area (Å²) in [6.45, 7) is 11.1. The Bertz CT molecular complexity index is 343. The Morgan fingerprint density at radius 3 is 2.42 bits per heavy atom. The van der Waals surface area contributed by atoms with Crippen molar-refractivity contribution < 1.29 is 0 Å². The first-order chi connectivity index (χ1) is 8.92. The maximum Gasteiger partial charge on any atom is 0.0270 e. The summed E-state index contributed by atoms with van der Waals surface area (Å²) in [6.07, 6.45) is 6.00. The topological polar surface area (TPSA) is 28.2 Å². The highest BCUT2D eigenvalue weighted by Gasteiger charge is 2.16. The Kier molecular flexibility index (Phi) is 6.46. The molecule has 0 saturated heterocycles. The van der Waals surface area contributed by atoms with Gasteiger partial charge in [-0.3, -0.25) is 4.98 Å². The molecule has 0 aliphatic carbocycles. The number of hydrogen-bond donors (Lipinski definition) is 1. The van der Waals surface area contributed by atoms with Crippen LogP contribution in [0.4, 0.5) is 0 Å². The van der Waals surface area contributed by atoms with E-state index in [-0.39, 0.29) is 5.54 Å². The Balaban J connectivity index is 2.39. The third-order valence-electron chi connectivity index (χ3n) is 3.47. The number of pyridine rings is 1. The number of nitrogens with zero attached hydrogens (tertiary/aromatic N) is 2. The van der Waals surface area contributed by atoms with Crippen LogP contribution in [0.1, 0.15) is 39.7 Å². The van der Waals surface area contributed by atoms with E-state index in [1.54, 1.807) is 0 Å². The van der Waals surface area contributed by atoms with E-state index in [1.807, 2.05) is 12.4 Å². The van der Waals surface area contributed by atoms with Crippen LogP contribution >= 0.6 is 0 Å². The summed E-state index contributed by atoms with van der Waals surface area (Å²) in [5, 5.41) is 3.60. The van der Waals surface area contributed by atoms with Crippen molar-refractivity contribution in [3.8, 4) is 0 Å². The molecule has 3 heteroatoms. The predicted octanol–water partition coefficient (Wildman–Crippen LogP) is 2.72. The molecule has 1 atom stereocenters. The summed E-state index contributed by atoms with van der Waals surface area (Å²) in [6, 6.07) is 4.80. The summed E-state index contributed by atoms with van der Waals surface area (Å²) in [7, 11) is 2.22. The van der Waals surface area contributed by atoms with Crippen molar-refractivity contribution in [2.45, 2.75) is 52.1 Å². The minimum Gasteiger partial charge on any atom is -0.311 e. The zero-order valence-electron chi connectivity index (χ0n) is 13.1. The Labute approximate surface area is 118 Å². The monoisotopic (exact) mass is 263 g/mol. The number of aromatic nitrogens is 1. The van der Waals surface area contributed by atoms with E-state index in [0.717, 1.165) is 19.5 Å². The van der Waals surface area contributed by atoms with Crippen molar-refractivity contribution >= 4 is 0 Å². The van der Waals surface area contributed by atoms with Crippen LogP contribution in [0.2, 0.25) is 0 Å². The summed E-state index contributed by atoms with van der Waals surface area (Å²) in [5.74, 6) is 0. The van der Waals surface area contributed by atoms with E-state index in [2.05, 4.69) is 62.1 Å². The van der Waals surface area contributed by atoms with Gasteiger partial charge in [-0.15, -0.1) is 0 Å². The summed E-state index contributed by atoms with van der Waals surface area (Å²) >= 11 is 0. The normalized spacial score (nSPS) is 13.8. The first-order valence-electron chi connectivity index (χ1n) is 7.26. The lowest BCUT2D eigenvalue weighted by molar-refractivity contribution is 0.218. The first kappa shape index (κ1) is 16.1. The third kappa shape index (κ3) is 6.69. The molecule has 1 aromatic rings. The van der Waals surface area contributed by atoms with Crippen LogP contribution < -0.4 is 5.32 Å². The Hall–Kier alpha value is -0.930. The first-order valence-corrected chi connectivity index (χ1v) is 7.26. The lowest BCUT2D eigenvalue weighted by atomic mass is 10.1. The van der Waals surface area contributed by atoms with Crippen molar-refractivity contribution in [3.05, 3.63) is 30.1 Å². The molecule has 1 rings (SSSR count). The van der Waals surface area contributed by atoms with Gasteiger partial charge in [0.1, 0.15) is 0 Å². The standard InChI is InChI=1S/C16H29N3/c1-6-15(13-18-16(2,3)4)19(5)12-9-14-7-10-17-11-8-14/h7-8,10-11,15,18H,6,9,12-13H2,1-5H3. The predicted molar refractivity (Wildman–Crippen MR) is 82.4 cm³/mol. The van der Waals surface area contributed by atoms with E-state index in [1.165, 1.54) is 12.0 Å². The van der Waals surface area contributed by atoms with Crippen molar-refractivity contribution in [2.24, 2.45) is 0 Å². The molecule has 0 bridgehead atoms. The van der Waals surface area contributed by atoms with Gasteiger partial charge in [0.25, 0.3) is 0 Å². The van der Waals surface area contributed by atoms with Crippen molar-refractivity contribution in [1.29, 1.82) is 0 Å². The second-order valence-electron chi connectivity index (χ2n) is 6.28. The lowest BCUT2D eigenvalue weighted by Gasteiger charge is -2.31. The maximum absolute atomic E-state index is 4.06. The van der Waals surface area contributed by atoms with Crippen LogP contribution in [0.25, 0.3) is 0 Å². The smallest absolute Gasteiger partial charge is 0.0270 e. The maximum atomic E-state index is 4.06. The SMILES string of the molecule is CCC(CNC(C)(C)C)N(C)CCc1ccncc1. The van der Waals surface area contributed by atoms with Crippen LogP contribution in [-0.2, 0) is 6.42 Å². The van der Waals surface area contributed by atoms with Gasteiger partial charge in [0, 0.05) is 37.1 Å². The molecule has 19 heavy (non-hydrogen) atoms. The van der Waals surface area contributed by atoms with E-state index in [4.69, 9.17) is 0 Å². The molecule has 0 spiro atoms. The van der Waals surface area contributed by atoms with Gasteiger partial charge in [-0.05, 0) is 58.4 Å². The molecular formula is C16H29N3. The Morgan fingerprint density at radius 2 is 1.89 bits per heavy atom. The molecule has 108 valence electrons. The average Bonchev–Trinajstić information content (AvgIpc) is 2.37. The minimum atomic E-state index is 0.194. The fourth-order valence-electron chi connectivity index (χ4n) is 2.07. The van der Waals surface area contributed by atoms with Crippen molar-refractivity contribution in [2.75, 3.05) is 20.1 Å². The van der Waals surface area contributed by atoms with Gasteiger partial charge in [-0.25, -0.2) is 0 Å². The fourth-order valence-corrected chi connectivity index (χ4v) is 2.07. The molecule has 1 unspecified atom stereocenters. The highest BCUT2D eigenvalue weighted by Crippen LogP contribution is 2.06. The molecule has 0 amide bonds. The average molecular weight is 263 g/mol. The number of nitrogens with one attached hydrogen (secondary N) is 1. The van der Waals surface area contributed by atoms with Gasteiger partial charge < -0.3 is 10.2 Å². The van der Waals surface area contributed by atoms with Crippen LogP contribution in [-0.4, -0.2) is 41.6 Å². The highest BCUT2D eigenvalue weighted by molar-refractivity contribution is 5.09. The largest absolute Gasteiger partial charge is 0.311 e. The Morgan fingerprint density at radius 1 is 1.26 bits per heavy atom. The summed E-state index contributed by atoms with van der Waals surface area (Å²) in [5.41, 5.74) is 1.56. The second-order valence-corrected chi connectivity index (χ2v) is 6.28. The van der Waals surface area contributed by atoms with Crippen LogP contribution in [0.5, 0.6) is 0 Å². The molecule has 1 heterocycles. The highest BCUT2D eigenvalue weighted by atomic mass is 15.2. The molecule has 1 aromatic heterocycles. The van der Waals surface area contributed by atoms with Crippen molar-refractivity contribution in [1.82, 2.24) is 15.2 Å². The molecule has 0 radical (unpaired) electrons. The van der Waals surface area contributed by atoms with Gasteiger partial charge in [-0.2, -0.15) is 0 Å². The second kappa shape index (κ2) is 7.61. The minimum absolute atomic E-state index is 0.194. The van der Waals surface area contributed by atoms with E-state index < -0.39 is 0 Å². The molecule has 0 saturated carbocycles. The molecule has 0 aliphatic rings. The summed E-state index contributed by atoms with van der Waals surface area (Å²) in [4.78, 5) is 6.51. The molecule has 3 nitrogen and oxygen atoms in total. The van der Waals surface area contributed by atoms with Crippen molar-refractivity contribution in [3.63, 3.8) is 0 Å². The summed E-state index contributed by atoms with van der Waals surface area (Å²) < 4.78 is 0. The molecular weight excluding hydrogens is 234 g/mol. The van der Waals surface area contributed by atoms with Crippen LogP contribution in [0, 0.1) is 0 Å². The number of hydrogen-bond acceptors (Lipinski definition) is 3. The third-order valence-corrected chi connectivity index (χ3v) is 3.47. The number of rotatable bonds is 7. The van der Waals surface area contributed by atoms with E-state index in [9.17, 15) is 0 Å².